The SMILES string of the molecule is CC.CC.CC.CC.CC.CC.CC.CC.CC.CC.CC.CC.CC.CC.CC.CC.c1cc2c(cn1)CCCC2.c1ccc2c(c1)CCCN2.c1ccc2c(c1)CCNC2.c1ccc2c(c1)CCOC2.c1ccc2c(c1)CCSC2.c1ccc2c(c1)COCO2.c1ccc2c(c1)OCCO2.c1cnc2c(c1)CCCC2. The lowest BCUT2D eigenvalue weighted by molar-refractivity contribution is -0.0163. The molecule has 6 aromatic carbocycles. The van der Waals surface area contributed by atoms with Crippen molar-refractivity contribution in [2.75, 3.05) is 50.8 Å². The van der Waals surface area contributed by atoms with Crippen LogP contribution in [0.4, 0.5) is 5.69 Å². The molecule has 10 heteroatoms. The van der Waals surface area contributed by atoms with Crippen molar-refractivity contribution in [1.29, 1.82) is 0 Å². The van der Waals surface area contributed by atoms with Gasteiger partial charge in [-0.05, 0) is 188 Å². The molecule has 640 valence electrons. The van der Waals surface area contributed by atoms with Crippen molar-refractivity contribution >= 4 is 17.4 Å². The number of anilines is 1. The van der Waals surface area contributed by atoms with Crippen LogP contribution in [0.1, 0.15) is 321 Å². The molecular weight excluding hydrogens is 1390 g/mol. The van der Waals surface area contributed by atoms with E-state index >= 15 is 0 Å². The molecule has 2 aromatic heterocycles. The molecule has 0 fully saturated rings. The Bertz CT molecular complexity index is 2280. The van der Waals surface area contributed by atoms with Crippen LogP contribution in [0.3, 0.4) is 0 Å². The molecule has 6 aliphatic heterocycles. The van der Waals surface area contributed by atoms with E-state index < -0.39 is 0 Å². The molecule has 0 unspecified atom stereocenters. The maximum atomic E-state index is 5.30. The highest BCUT2D eigenvalue weighted by Gasteiger charge is 2.13. The molecule has 8 heterocycles. The second-order valence-electron chi connectivity index (χ2n) is 20.6. The molecule has 0 saturated heterocycles. The lowest BCUT2D eigenvalue weighted by Gasteiger charge is -2.17. The summed E-state index contributed by atoms with van der Waals surface area (Å²) in [5.41, 5.74) is 18.6. The highest BCUT2D eigenvalue weighted by molar-refractivity contribution is 7.98. The number of ether oxygens (including phenoxy) is 5. The molecule has 0 atom stereocenters. The van der Waals surface area contributed by atoms with Gasteiger partial charge in [-0.15, -0.1) is 0 Å². The van der Waals surface area contributed by atoms with E-state index in [2.05, 4.69) is 130 Å². The second-order valence-corrected chi connectivity index (χ2v) is 21.7. The fourth-order valence-corrected chi connectivity index (χ4v) is 11.6. The largest absolute Gasteiger partial charge is 0.486 e. The molecule has 8 aliphatic rings. The van der Waals surface area contributed by atoms with Crippen molar-refractivity contribution in [3.63, 3.8) is 0 Å². The predicted octanol–water partition coefficient (Wildman–Crippen LogP) is 31.0. The number of rotatable bonds is 0. The van der Waals surface area contributed by atoms with Crippen molar-refractivity contribution in [1.82, 2.24) is 15.3 Å². The lowest BCUT2D eigenvalue weighted by atomic mass is 9.94. The maximum Gasteiger partial charge on any atom is 0.189 e. The molecule has 0 bridgehead atoms. The quantitative estimate of drug-likeness (QED) is 0.153. The van der Waals surface area contributed by atoms with E-state index in [4.69, 9.17) is 23.7 Å². The normalized spacial score (nSPS) is 12.3. The highest BCUT2D eigenvalue weighted by atomic mass is 32.2. The summed E-state index contributed by atoms with van der Waals surface area (Å²) < 4.78 is 26.2. The Morgan fingerprint density at radius 1 is 0.295 bits per heavy atom. The van der Waals surface area contributed by atoms with Crippen molar-refractivity contribution in [3.05, 3.63) is 249 Å². The maximum absolute atomic E-state index is 5.30. The van der Waals surface area contributed by atoms with E-state index in [1.165, 1.54) is 144 Å². The third-order valence-corrected chi connectivity index (χ3v) is 16.0. The molecule has 0 radical (unpaired) electrons. The van der Waals surface area contributed by atoms with Gasteiger partial charge in [-0.2, -0.15) is 11.8 Å². The van der Waals surface area contributed by atoms with E-state index in [9.17, 15) is 0 Å². The molecule has 16 rings (SSSR count). The number of aryl methyl sites for hydroxylation is 6. The Labute approximate surface area is 700 Å². The van der Waals surface area contributed by atoms with Crippen LogP contribution in [-0.4, -0.2) is 55.4 Å². The van der Waals surface area contributed by atoms with E-state index in [-0.39, 0.29) is 0 Å². The number of pyridine rings is 2. The molecule has 2 aliphatic carbocycles. The van der Waals surface area contributed by atoms with E-state index in [0.29, 0.717) is 26.6 Å². The fraction of sp³-hybridized carbons (Fsp3) is 0.549. The van der Waals surface area contributed by atoms with Gasteiger partial charge in [0.15, 0.2) is 18.3 Å². The predicted molar refractivity (Wildman–Crippen MR) is 509 cm³/mol. The summed E-state index contributed by atoms with van der Waals surface area (Å²) in [5, 5.41) is 6.70. The van der Waals surface area contributed by atoms with Crippen LogP contribution in [0, 0.1) is 0 Å². The number of benzene rings is 6. The molecule has 8 aromatic rings. The van der Waals surface area contributed by atoms with E-state index in [1.54, 1.807) is 11.1 Å². The third kappa shape index (κ3) is 57.1. The van der Waals surface area contributed by atoms with Crippen LogP contribution in [0.5, 0.6) is 17.2 Å². The minimum atomic E-state index is 0.386. The van der Waals surface area contributed by atoms with Gasteiger partial charge in [-0.25, -0.2) is 0 Å². The van der Waals surface area contributed by atoms with Gasteiger partial charge in [-0.3, -0.25) is 9.97 Å². The van der Waals surface area contributed by atoms with Crippen molar-refractivity contribution < 1.29 is 23.7 Å². The summed E-state index contributed by atoms with van der Waals surface area (Å²) in [7, 11) is 0. The summed E-state index contributed by atoms with van der Waals surface area (Å²) in [5.74, 6) is 5.18. The summed E-state index contributed by atoms with van der Waals surface area (Å²) >= 11 is 2.04. The third-order valence-electron chi connectivity index (χ3n) is 15.0. The van der Waals surface area contributed by atoms with Crippen molar-refractivity contribution in [3.8, 4) is 17.2 Å². The summed E-state index contributed by atoms with van der Waals surface area (Å²) in [6.07, 6.45) is 22.1. The summed E-state index contributed by atoms with van der Waals surface area (Å²) in [6.45, 7) is 71.4. The molecule has 0 saturated carbocycles. The van der Waals surface area contributed by atoms with Crippen LogP contribution in [0.2, 0.25) is 0 Å². The number of aromatic nitrogens is 2. The van der Waals surface area contributed by atoms with Gasteiger partial charge in [0, 0.05) is 54.4 Å². The smallest absolute Gasteiger partial charge is 0.189 e. The van der Waals surface area contributed by atoms with E-state index in [1.807, 2.05) is 307 Å². The van der Waals surface area contributed by atoms with Crippen LogP contribution < -0.4 is 24.8 Å². The zero-order valence-corrected chi connectivity index (χ0v) is 79.5. The minimum absolute atomic E-state index is 0.386. The number of hydrogen-bond acceptors (Lipinski definition) is 10. The van der Waals surface area contributed by atoms with Crippen LogP contribution in [-0.2, 0) is 86.4 Å². The zero-order chi connectivity index (χ0) is 86.5. The van der Waals surface area contributed by atoms with Crippen LogP contribution in [0.15, 0.2) is 182 Å². The Morgan fingerprint density at radius 3 is 1.21 bits per heavy atom. The number of hydrogen-bond donors (Lipinski definition) is 2. The first-order chi connectivity index (χ1) is 55.7. The van der Waals surface area contributed by atoms with Gasteiger partial charge in [-0.1, -0.05) is 349 Å². The number of para-hydroxylation sites is 4. The van der Waals surface area contributed by atoms with Gasteiger partial charge in [0.1, 0.15) is 19.0 Å². The van der Waals surface area contributed by atoms with E-state index in [0.717, 1.165) is 62.1 Å². The molecule has 112 heavy (non-hydrogen) atoms. The Morgan fingerprint density at radius 2 is 0.705 bits per heavy atom. The standard InChI is InChI=1S/4C9H11N.C9H10O.C9H10S.2C8H8O2.16C2H6/c2*1-2-6-9-8(4-1)5-3-7-10-9;4*1-2-4-9-7-10-6-5-8(9)3-1;1-2-4-8-7(3-1)5-9-6-10-8;1-2-4-8-7(3-1)9-5-6-10-8;16*1-2/h3,5,7H,1-2,4,6H2;1-2,4,6,10H,3,5,7H2;5-7H,1-4H2;1-4,10H,5-7H2;2*1-4H,5-7H2;2*1-4H,5-6H2;16*1-2H3. The van der Waals surface area contributed by atoms with Crippen LogP contribution >= 0.6 is 11.8 Å². The average Bonchev–Trinajstić information content (AvgIpc) is 0.951. The fourth-order valence-electron chi connectivity index (χ4n) is 10.5. The molecule has 0 spiro atoms. The summed E-state index contributed by atoms with van der Waals surface area (Å²) in [6, 6.07) is 56.4. The monoisotopic (exact) mass is 1570 g/mol. The van der Waals surface area contributed by atoms with Gasteiger partial charge < -0.3 is 34.3 Å². The average molecular weight is 1570 g/mol. The number of fused-ring (bicyclic) bond motifs is 8. The highest BCUT2D eigenvalue weighted by Crippen LogP contribution is 2.29. The first-order valence-electron chi connectivity index (χ1n) is 45.1. The van der Waals surface area contributed by atoms with Crippen molar-refractivity contribution in [2.45, 2.75) is 331 Å². The zero-order valence-electron chi connectivity index (χ0n) is 78.6. The number of nitrogens with one attached hydrogen (secondary N) is 2. The lowest BCUT2D eigenvalue weighted by Crippen LogP contribution is -2.23. The van der Waals surface area contributed by atoms with Gasteiger partial charge in [0.25, 0.3) is 0 Å². The molecule has 0 amide bonds. The first-order valence-corrected chi connectivity index (χ1v) is 46.2. The van der Waals surface area contributed by atoms with Gasteiger partial charge >= 0.3 is 0 Å². The molecule has 2 N–H and O–H groups in total. The topological polar surface area (TPSA) is 96.0 Å². The Balaban J connectivity index is -0.000000175. The minimum Gasteiger partial charge on any atom is -0.486 e. The number of thioether (sulfide) groups is 1. The Kier molecular flexibility index (Phi) is 108. The molecule has 9 nitrogen and oxygen atoms in total. The van der Waals surface area contributed by atoms with Gasteiger partial charge in [0.05, 0.1) is 19.8 Å². The Hall–Kier alpha value is -6.95. The summed E-state index contributed by atoms with van der Waals surface area (Å²) in [4.78, 5) is 8.42. The van der Waals surface area contributed by atoms with Crippen LogP contribution in [0.25, 0.3) is 0 Å². The van der Waals surface area contributed by atoms with Gasteiger partial charge in [0.2, 0.25) is 0 Å². The number of nitrogens with zero attached hydrogens (tertiary/aromatic N) is 2. The first kappa shape index (κ1) is 121. The second kappa shape index (κ2) is 100. The van der Waals surface area contributed by atoms with Crippen molar-refractivity contribution in [2.24, 2.45) is 0 Å². The molecular formula is C102H176N4O5S.